The summed E-state index contributed by atoms with van der Waals surface area (Å²) in [4.78, 5) is 0. The molecule has 2 aliphatic carbocycles. The molecule has 0 aromatic heterocycles. The summed E-state index contributed by atoms with van der Waals surface area (Å²) in [6, 6.07) is 0. The van der Waals surface area contributed by atoms with Crippen molar-refractivity contribution in [1.29, 1.82) is 0 Å². The Bertz CT molecular complexity index is 449. The Morgan fingerprint density at radius 3 is 2.68 bits per heavy atom. The molecule has 126 valence electrons. The molecule has 0 aromatic rings. The molecule has 0 spiro atoms. The van der Waals surface area contributed by atoms with Gasteiger partial charge in [0, 0.05) is 0 Å². The Balaban J connectivity index is 2.24. The number of hydrogen-bond acceptors (Lipinski definition) is 2. The van der Waals surface area contributed by atoms with E-state index in [0.717, 1.165) is 24.3 Å². The van der Waals surface area contributed by atoms with E-state index in [1.54, 1.807) is 6.08 Å². The van der Waals surface area contributed by atoms with E-state index < -0.39 is 6.10 Å². The lowest BCUT2D eigenvalue weighted by Crippen LogP contribution is -2.50. The fraction of sp³-hybridized carbons (Fsp3) is 0.800. The van der Waals surface area contributed by atoms with Crippen LogP contribution in [0.2, 0.25) is 0 Å². The maximum absolute atomic E-state index is 10.5. The first-order valence-electron chi connectivity index (χ1n) is 8.85. The first-order valence-corrected chi connectivity index (χ1v) is 8.85. The van der Waals surface area contributed by atoms with E-state index in [2.05, 4.69) is 27.4 Å². The Hall–Kier alpha value is -0.600. The van der Waals surface area contributed by atoms with Gasteiger partial charge in [-0.15, -0.1) is 0 Å². The highest BCUT2D eigenvalue weighted by Gasteiger charge is 2.52. The van der Waals surface area contributed by atoms with Crippen molar-refractivity contribution < 1.29 is 10.2 Å². The summed E-state index contributed by atoms with van der Waals surface area (Å²) in [5.41, 5.74) is 2.87. The van der Waals surface area contributed by atoms with E-state index in [-0.39, 0.29) is 12.0 Å². The van der Waals surface area contributed by atoms with Gasteiger partial charge in [-0.05, 0) is 67.3 Å². The van der Waals surface area contributed by atoms with Crippen LogP contribution < -0.4 is 0 Å². The zero-order chi connectivity index (χ0) is 16.5. The molecule has 0 bridgehead atoms. The van der Waals surface area contributed by atoms with Gasteiger partial charge < -0.3 is 10.2 Å². The molecule has 0 saturated heterocycles. The molecular formula is C20H34O2. The molecule has 2 fully saturated rings. The van der Waals surface area contributed by atoms with Crippen molar-refractivity contribution in [1.82, 2.24) is 0 Å². The second kappa shape index (κ2) is 6.49. The third-order valence-electron chi connectivity index (χ3n) is 6.72. The molecule has 2 nitrogen and oxygen atoms in total. The SMILES string of the molecule is C=C1CC[C@H]2C(C)(C)CCC[C@]2(C)[C@H]1C[C@H](O)/C(C)=C/CO. The van der Waals surface area contributed by atoms with Crippen molar-refractivity contribution >= 4 is 0 Å². The van der Waals surface area contributed by atoms with Crippen molar-refractivity contribution in [2.75, 3.05) is 6.61 Å². The van der Waals surface area contributed by atoms with Gasteiger partial charge in [0.05, 0.1) is 12.7 Å². The third kappa shape index (κ3) is 3.19. The summed E-state index contributed by atoms with van der Waals surface area (Å²) >= 11 is 0. The zero-order valence-corrected chi connectivity index (χ0v) is 14.9. The van der Waals surface area contributed by atoms with Crippen LogP contribution in [0.15, 0.2) is 23.8 Å². The van der Waals surface area contributed by atoms with E-state index in [0.29, 0.717) is 11.3 Å². The first-order chi connectivity index (χ1) is 10.2. The van der Waals surface area contributed by atoms with Gasteiger partial charge in [0.1, 0.15) is 0 Å². The Morgan fingerprint density at radius 2 is 2.05 bits per heavy atom. The van der Waals surface area contributed by atoms with Crippen LogP contribution in [-0.2, 0) is 0 Å². The predicted molar refractivity (Wildman–Crippen MR) is 92.6 cm³/mol. The molecule has 22 heavy (non-hydrogen) atoms. The van der Waals surface area contributed by atoms with Gasteiger partial charge in [0.2, 0.25) is 0 Å². The minimum absolute atomic E-state index is 0.00142. The molecule has 0 radical (unpaired) electrons. The minimum Gasteiger partial charge on any atom is -0.392 e. The quantitative estimate of drug-likeness (QED) is 0.752. The highest BCUT2D eigenvalue weighted by atomic mass is 16.3. The van der Waals surface area contributed by atoms with Gasteiger partial charge in [0.25, 0.3) is 0 Å². The lowest BCUT2D eigenvalue weighted by molar-refractivity contribution is -0.0613. The first kappa shape index (κ1) is 17.7. The van der Waals surface area contributed by atoms with Gasteiger partial charge in [-0.25, -0.2) is 0 Å². The second-order valence-corrected chi connectivity index (χ2v) is 8.53. The van der Waals surface area contributed by atoms with Gasteiger partial charge in [-0.2, -0.15) is 0 Å². The highest BCUT2D eigenvalue weighted by Crippen LogP contribution is 2.61. The van der Waals surface area contributed by atoms with Crippen molar-refractivity contribution in [3.05, 3.63) is 23.8 Å². The fourth-order valence-electron chi connectivity index (χ4n) is 5.40. The van der Waals surface area contributed by atoms with E-state index in [1.807, 2.05) is 6.92 Å². The van der Waals surface area contributed by atoms with Crippen molar-refractivity contribution in [3.8, 4) is 0 Å². The Kier molecular flexibility index (Phi) is 5.23. The van der Waals surface area contributed by atoms with Gasteiger partial charge >= 0.3 is 0 Å². The molecule has 0 aromatic carbocycles. The summed E-state index contributed by atoms with van der Waals surface area (Å²) in [6.45, 7) is 13.6. The monoisotopic (exact) mass is 306 g/mol. The average molecular weight is 306 g/mol. The lowest BCUT2D eigenvalue weighted by atomic mass is 9.47. The predicted octanol–water partition coefficient (Wildman–Crippen LogP) is 4.47. The molecule has 0 amide bonds. The fourth-order valence-corrected chi connectivity index (χ4v) is 5.40. The molecule has 0 unspecified atom stereocenters. The van der Waals surface area contributed by atoms with E-state index in [9.17, 15) is 5.11 Å². The van der Waals surface area contributed by atoms with Gasteiger partial charge in [-0.1, -0.05) is 45.4 Å². The van der Waals surface area contributed by atoms with Gasteiger partial charge in [0.15, 0.2) is 0 Å². The van der Waals surface area contributed by atoms with Gasteiger partial charge in [-0.3, -0.25) is 0 Å². The second-order valence-electron chi connectivity index (χ2n) is 8.53. The standard InChI is InChI=1S/C20H34O2/c1-14-7-8-18-19(3,4)10-6-11-20(18,5)16(14)13-17(22)15(2)9-12-21/h9,16-18,21-22H,1,6-8,10-13H2,2-5H3/b15-9+/t16-,17-,18-,20+/m0/s1. The van der Waals surface area contributed by atoms with Crippen LogP contribution in [0, 0.1) is 22.7 Å². The number of hydrogen-bond donors (Lipinski definition) is 2. The van der Waals surface area contributed by atoms with Crippen LogP contribution in [0.4, 0.5) is 0 Å². The molecule has 0 heterocycles. The van der Waals surface area contributed by atoms with Crippen LogP contribution in [0.3, 0.4) is 0 Å². The Labute approximate surface area is 136 Å². The van der Waals surface area contributed by atoms with Crippen LogP contribution in [0.25, 0.3) is 0 Å². The normalized spacial score (nSPS) is 36.8. The van der Waals surface area contributed by atoms with Crippen LogP contribution in [-0.4, -0.2) is 22.9 Å². The van der Waals surface area contributed by atoms with E-state index in [4.69, 9.17) is 5.11 Å². The highest BCUT2D eigenvalue weighted by molar-refractivity contribution is 5.18. The topological polar surface area (TPSA) is 40.5 Å². The van der Waals surface area contributed by atoms with E-state index >= 15 is 0 Å². The number of fused-ring (bicyclic) bond motifs is 1. The number of aliphatic hydroxyl groups excluding tert-OH is 2. The van der Waals surface area contributed by atoms with Crippen LogP contribution >= 0.6 is 0 Å². The maximum Gasteiger partial charge on any atom is 0.0754 e. The van der Waals surface area contributed by atoms with Crippen molar-refractivity contribution in [2.45, 2.75) is 72.3 Å². The minimum atomic E-state index is -0.463. The number of allylic oxidation sites excluding steroid dienone is 1. The summed E-state index contributed by atoms with van der Waals surface area (Å²) in [5, 5.41) is 19.6. The summed E-state index contributed by atoms with van der Waals surface area (Å²) in [5.74, 6) is 1.11. The smallest absolute Gasteiger partial charge is 0.0754 e. The van der Waals surface area contributed by atoms with Crippen LogP contribution in [0.5, 0.6) is 0 Å². The van der Waals surface area contributed by atoms with Crippen molar-refractivity contribution in [3.63, 3.8) is 0 Å². The number of rotatable bonds is 4. The Morgan fingerprint density at radius 1 is 1.36 bits per heavy atom. The lowest BCUT2D eigenvalue weighted by Gasteiger charge is -2.58. The summed E-state index contributed by atoms with van der Waals surface area (Å²) in [6.07, 6.45) is 8.22. The average Bonchev–Trinajstić information content (AvgIpc) is 2.42. The molecule has 0 aliphatic heterocycles. The maximum atomic E-state index is 10.5. The molecule has 2 N–H and O–H groups in total. The van der Waals surface area contributed by atoms with E-state index in [1.165, 1.54) is 31.3 Å². The molecular weight excluding hydrogens is 272 g/mol. The summed E-state index contributed by atoms with van der Waals surface area (Å²) < 4.78 is 0. The molecule has 2 aliphatic rings. The molecule has 2 heteroatoms. The molecule has 2 rings (SSSR count). The molecule has 4 atom stereocenters. The largest absolute Gasteiger partial charge is 0.392 e. The number of aliphatic hydroxyl groups is 2. The third-order valence-corrected chi connectivity index (χ3v) is 6.72. The van der Waals surface area contributed by atoms with Crippen molar-refractivity contribution in [2.24, 2.45) is 22.7 Å². The zero-order valence-electron chi connectivity index (χ0n) is 14.9. The molecule has 2 saturated carbocycles. The van der Waals surface area contributed by atoms with Crippen LogP contribution in [0.1, 0.15) is 66.2 Å². The summed E-state index contributed by atoms with van der Waals surface area (Å²) in [7, 11) is 0.